The van der Waals surface area contributed by atoms with E-state index < -0.39 is 28.2 Å². The van der Waals surface area contributed by atoms with Crippen LogP contribution < -0.4 is 20.5 Å². The Morgan fingerprint density at radius 3 is 2.37 bits per heavy atom. The first kappa shape index (κ1) is 31.8. The SMILES string of the molecule is CC[C@H](C)[C@H](N)C(=O)N[C@@H](Cc1ccccc1)[C@H](O)CN(CC(C)C)S(=O)(=O)c1ccc2c(c1)OCO2.Cl. The first-order valence-electron chi connectivity index (χ1n) is 12.7. The third-order valence-corrected chi connectivity index (χ3v) is 8.42. The van der Waals surface area contributed by atoms with Gasteiger partial charge in [0.25, 0.3) is 0 Å². The minimum atomic E-state index is -3.98. The highest BCUT2D eigenvalue weighted by atomic mass is 35.5. The van der Waals surface area contributed by atoms with Crippen LogP contribution in [-0.4, -0.2) is 61.8 Å². The minimum absolute atomic E-state index is 0. The highest BCUT2D eigenvalue weighted by Gasteiger charge is 2.33. The number of fused-ring (bicyclic) bond motifs is 1. The number of aliphatic hydroxyl groups is 1. The van der Waals surface area contributed by atoms with Crippen molar-refractivity contribution in [3.8, 4) is 11.5 Å². The van der Waals surface area contributed by atoms with Crippen LogP contribution in [0.15, 0.2) is 53.4 Å². The molecule has 2 aromatic carbocycles. The van der Waals surface area contributed by atoms with Crippen LogP contribution in [0.5, 0.6) is 11.5 Å². The number of nitrogens with one attached hydrogen (secondary N) is 1. The van der Waals surface area contributed by atoms with Crippen LogP contribution in [0, 0.1) is 11.8 Å². The quantitative estimate of drug-likeness (QED) is 0.338. The maximum atomic E-state index is 13.7. The summed E-state index contributed by atoms with van der Waals surface area (Å²) in [6.45, 7) is 7.68. The molecule has 0 bridgehead atoms. The molecule has 212 valence electrons. The van der Waals surface area contributed by atoms with Crippen molar-refractivity contribution < 1.29 is 27.8 Å². The molecule has 9 nitrogen and oxygen atoms in total. The van der Waals surface area contributed by atoms with Gasteiger partial charge >= 0.3 is 0 Å². The van der Waals surface area contributed by atoms with Crippen molar-refractivity contribution in [3.05, 3.63) is 54.1 Å². The second kappa shape index (κ2) is 14.1. The normalized spacial score (nSPS) is 16.0. The number of ether oxygens (including phenoxy) is 2. The maximum Gasteiger partial charge on any atom is 0.243 e. The molecule has 1 aliphatic rings. The number of hydrogen-bond acceptors (Lipinski definition) is 7. The van der Waals surface area contributed by atoms with Gasteiger partial charge in [-0.1, -0.05) is 64.4 Å². The Morgan fingerprint density at radius 1 is 1.08 bits per heavy atom. The molecule has 0 saturated carbocycles. The molecule has 0 saturated heterocycles. The number of nitrogens with two attached hydrogens (primary N) is 1. The zero-order valence-corrected chi connectivity index (χ0v) is 24.0. The number of aliphatic hydroxyl groups excluding tert-OH is 1. The lowest BCUT2D eigenvalue weighted by Crippen LogP contribution is -2.55. The van der Waals surface area contributed by atoms with Crippen molar-refractivity contribution in [3.63, 3.8) is 0 Å². The lowest BCUT2D eigenvalue weighted by Gasteiger charge is -2.31. The summed E-state index contributed by atoms with van der Waals surface area (Å²) in [5.41, 5.74) is 7.05. The molecule has 0 fully saturated rings. The van der Waals surface area contributed by atoms with E-state index in [0.29, 0.717) is 17.9 Å². The largest absolute Gasteiger partial charge is 0.454 e. The Kier molecular flexibility index (Phi) is 11.8. The highest BCUT2D eigenvalue weighted by Crippen LogP contribution is 2.34. The topological polar surface area (TPSA) is 131 Å². The Hall–Kier alpha value is -2.37. The lowest BCUT2D eigenvalue weighted by molar-refractivity contribution is -0.125. The van der Waals surface area contributed by atoms with E-state index in [0.717, 1.165) is 12.0 Å². The van der Waals surface area contributed by atoms with Gasteiger partial charge in [-0.25, -0.2) is 8.42 Å². The summed E-state index contributed by atoms with van der Waals surface area (Å²) in [5.74, 6) is 0.427. The molecule has 0 spiro atoms. The third-order valence-electron chi connectivity index (χ3n) is 6.59. The Labute approximate surface area is 232 Å². The van der Waals surface area contributed by atoms with E-state index in [1.165, 1.54) is 16.4 Å². The number of carbonyl (C=O) groups is 1. The summed E-state index contributed by atoms with van der Waals surface area (Å²) in [6.07, 6.45) is -0.132. The monoisotopic (exact) mass is 569 g/mol. The molecular formula is C27H40ClN3O6S. The number of benzene rings is 2. The van der Waals surface area contributed by atoms with Gasteiger partial charge in [-0.05, 0) is 36.0 Å². The Morgan fingerprint density at radius 2 is 1.74 bits per heavy atom. The molecule has 0 aromatic heterocycles. The molecule has 1 aliphatic heterocycles. The van der Waals surface area contributed by atoms with Crippen molar-refractivity contribution in [2.45, 2.75) is 63.6 Å². The summed E-state index contributed by atoms with van der Waals surface area (Å²) < 4.78 is 39.2. The molecule has 11 heteroatoms. The summed E-state index contributed by atoms with van der Waals surface area (Å²) >= 11 is 0. The summed E-state index contributed by atoms with van der Waals surface area (Å²) in [7, 11) is -3.98. The Bertz CT molecular complexity index is 1150. The molecule has 4 N–H and O–H groups in total. The van der Waals surface area contributed by atoms with Gasteiger partial charge in [-0.2, -0.15) is 4.31 Å². The molecule has 2 aromatic rings. The van der Waals surface area contributed by atoms with Crippen molar-refractivity contribution in [2.75, 3.05) is 19.9 Å². The maximum absolute atomic E-state index is 13.7. The molecule has 1 heterocycles. The highest BCUT2D eigenvalue weighted by molar-refractivity contribution is 7.89. The second-order valence-corrected chi connectivity index (χ2v) is 12.0. The predicted molar refractivity (Wildman–Crippen MR) is 149 cm³/mol. The fourth-order valence-electron chi connectivity index (χ4n) is 4.14. The number of rotatable bonds is 13. The third kappa shape index (κ3) is 8.07. The van der Waals surface area contributed by atoms with Gasteiger partial charge in [0.2, 0.25) is 22.7 Å². The molecule has 0 radical (unpaired) electrons. The van der Waals surface area contributed by atoms with Gasteiger partial charge in [0, 0.05) is 19.2 Å². The fraction of sp³-hybridized carbons (Fsp3) is 0.519. The smallest absolute Gasteiger partial charge is 0.243 e. The van der Waals surface area contributed by atoms with Gasteiger partial charge in [0.15, 0.2) is 11.5 Å². The van der Waals surface area contributed by atoms with Crippen LogP contribution >= 0.6 is 12.4 Å². The first-order chi connectivity index (χ1) is 17.5. The molecule has 0 aliphatic carbocycles. The van der Waals surface area contributed by atoms with E-state index in [9.17, 15) is 18.3 Å². The molecule has 4 atom stereocenters. The van der Waals surface area contributed by atoms with Crippen LogP contribution in [-0.2, 0) is 21.2 Å². The summed E-state index contributed by atoms with van der Waals surface area (Å²) in [6, 6.07) is 12.4. The molecule has 38 heavy (non-hydrogen) atoms. The van der Waals surface area contributed by atoms with Crippen molar-refractivity contribution in [1.82, 2.24) is 9.62 Å². The van der Waals surface area contributed by atoms with Crippen LogP contribution in [0.1, 0.15) is 39.7 Å². The standard InChI is InChI=1S/C27H39N3O6S.ClH/c1-5-19(4)26(28)27(32)29-22(13-20-9-7-6-8-10-20)23(31)16-30(15-18(2)3)37(33,34)21-11-12-24-25(14-21)36-17-35-24;/h6-12,14,18-19,22-23,26,31H,5,13,15-17,28H2,1-4H3,(H,29,32);1H/t19-,22-,23+,26-;/m0./s1. The molecular weight excluding hydrogens is 530 g/mol. The van der Waals surface area contributed by atoms with Gasteiger partial charge in [-0.15, -0.1) is 12.4 Å². The van der Waals surface area contributed by atoms with Gasteiger partial charge in [-0.3, -0.25) is 4.79 Å². The number of nitrogens with zero attached hydrogens (tertiary/aromatic N) is 1. The van der Waals surface area contributed by atoms with E-state index in [1.54, 1.807) is 6.07 Å². The average Bonchev–Trinajstić information content (AvgIpc) is 3.35. The van der Waals surface area contributed by atoms with Crippen LogP contribution in [0.4, 0.5) is 0 Å². The van der Waals surface area contributed by atoms with E-state index in [1.807, 2.05) is 58.0 Å². The fourth-order valence-corrected chi connectivity index (χ4v) is 5.78. The van der Waals surface area contributed by atoms with Crippen molar-refractivity contribution in [1.29, 1.82) is 0 Å². The number of halogens is 1. The first-order valence-corrected chi connectivity index (χ1v) is 14.1. The predicted octanol–water partition coefficient (Wildman–Crippen LogP) is 2.95. The van der Waals surface area contributed by atoms with Crippen LogP contribution in [0.25, 0.3) is 0 Å². The van der Waals surface area contributed by atoms with Crippen LogP contribution in [0.3, 0.4) is 0 Å². The summed E-state index contributed by atoms with van der Waals surface area (Å²) in [5, 5.41) is 14.2. The molecule has 0 unspecified atom stereocenters. The van der Waals surface area contributed by atoms with Crippen molar-refractivity contribution >= 4 is 28.3 Å². The number of hydrogen-bond donors (Lipinski definition) is 3. The Balaban J connectivity index is 0.00000507. The molecule has 1 amide bonds. The zero-order valence-electron chi connectivity index (χ0n) is 22.4. The van der Waals surface area contributed by atoms with Crippen molar-refractivity contribution in [2.24, 2.45) is 17.6 Å². The van der Waals surface area contributed by atoms with Gasteiger partial charge in [0.05, 0.1) is 23.1 Å². The second-order valence-electron chi connectivity index (χ2n) is 10.0. The molecule has 3 rings (SSSR count). The minimum Gasteiger partial charge on any atom is -0.454 e. The zero-order chi connectivity index (χ0) is 27.2. The lowest BCUT2D eigenvalue weighted by atomic mass is 9.97. The van der Waals surface area contributed by atoms with Gasteiger partial charge in [0.1, 0.15) is 0 Å². The number of carbonyl (C=O) groups excluding carboxylic acids is 1. The van der Waals surface area contributed by atoms with E-state index in [4.69, 9.17) is 15.2 Å². The van der Waals surface area contributed by atoms with E-state index in [-0.39, 0.29) is 54.9 Å². The van der Waals surface area contributed by atoms with E-state index in [2.05, 4.69) is 5.32 Å². The van der Waals surface area contributed by atoms with Gasteiger partial charge < -0.3 is 25.6 Å². The van der Waals surface area contributed by atoms with E-state index >= 15 is 0 Å². The summed E-state index contributed by atoms with van der Waals surface area (Å²) in [4.78, 5) is 13.0. The van der Waals surface area contributed by atoms with Crippen LogP contribution in [0.2, 0.25) is 0 Å². The number of amides is 1. The number of sulfonamides is 1. The average molecular weight is 570 g/mol.